The monoisotopic (exact) mass is 753 g/mol. The fourth-order valence-corrected chi connectivity index (χ4v) is 22.2. The highest BCUT2D eigenvalue weighted by molar-refractivity contribution is 6.72. The first kappa shape index (κ1) is 42.4. The molecule has 9 unspecified atom stereocenters. The Labute approximate surface area is 310 Å². The molecule has 0 aromatic heterocycles. The summed E-state index contributed by atoms with van der Waals surface area (Å²) < 4.78 is 29.7. The van der Waals surface area contributed by atoms with Crippen molar-refractivity contribution in [2.24, 2.45) is 34.5 Å². The summed E-state index contributed by atoms with van der Waals surface area (Å²) in [6.07, 6.45) is 17.3. The van der Waals surface area contributed by atoms with Gasteiger partial charge in [0, 0.05) is 11.5 Å². The highest BCUT2D eigenvalue weighted by Crippen LogP contribution is 2.70. The second-order valence-electron chi connectivity index (χ2n) is 20.6. The summed E-state index contributed by atoms with van der Waals surface area (Å²) in [5, 5.41) is 0. The van der Waals surface area contributed by atoms with Gasteiger partial charge in [-0.2, -0.15) is 0 Å². The molecule has 4 fully saturated rings. The van der Waals surface area contributed by atoms with Gasteiger partial charge in [-0.1, -0.05) is 67.2 Å². The molecule has 0 amide bonds. The highest BCUT2D eigenvalue weighted by Gasteiger charge is 2.69. The maximum atomic E-state index is 7.96. The van der Waals surface area contributed by atoms with E-state index >= 15 is 0 Å². The Morgan fingerprint density at radius 1 is 0.612 bits per heavy atom. The first-order chi connectivity index (χ1) is 22.7. The van der Waals surface area contributed by atoms with Crippen LogP contribution in [0.3, 0.4) is 0 Å². The Hall–Kier alpha value is 0.708. The van der Waals surface area contributed by atoms with Gasteiger partial charge in [-0.15, -0.1) is 0 Å². The van der Waals surface area contributed by atoms with Crippen molar-refractivity contribution in [3.05, 3.63) is 0 Å². The maximum absolute atomic E-state index is 7.96. The van der Waals surface area contributed by atoms with E-state index in [-0.39, 0.29) is 17.1 Å². The fourth-order valence-electron chi connectivity index (χ4n) is 12.7. The van der Waals surface area contributed by atoms with Crippen molar-refractivity contribution < 1.29 is 17.7 Å². The van der Waals surface area contributed by atoms with Crippen molar-refractivity contribution >= 4 is 33.3 Å². The van der Waals surface area contributed by atoms with E-state index in [2.05, 4.69) is 93.9 Å². The zero-order valence-corrected chi connectivity index (χ0v) is 39.3. The quantitative estimate of drug-likeness (QED) is 0.131. The van der Waals surface area contributed by atoms with Crippen LogP contribution < -0.4 is 0 Å². The lowest BCUT2D eigenvalue weighted by molar-refractivity contribution is -0.183. The molecule has 0 aromatic rings. The fraction of sp³-hybridized carbons (Fsp3) is 1.00. The maximum Gasteiger partial charge on any atom is 0.187 e. The Morgan fingerprint density at radius 3 is 1.82 bits per heavy atom. The number of fused-ring (bicyclic) bond motifs is 5. The van der Waals surface area contributed by atoms with Gasteiger partial charge in [0.15, 0.2) is 33.3 Å². The molecular weight excluding hydrogens is 669 g/mol. The molecular formula is C41H84O4Si4. The van der Waals surface area contributed by atoms with Crippen molar-refractivity contribution in [3.63, 3.8) is 0 Å². The van der Waals surface area contributed by atoms with E-state index in [1.54, 1.807) is 0 Å². The van der Waals surface area contributed by atoms with Gasteiger partial charge >= 0.3 is 0 Å². The average molecular weight is 753 g/mol. The van der Waals surface area contributed by atoms with Gasteiger partial charge in [-0.05, 0) is 163 Å². The second-order valence-corrected chi connectivity index (χ2v) is 37.7. The molecule has 49 heavy (non-hydrogen) atoms. The van der Waals surface area contributed by atoms with Crippen LogP contribution in [0, 0.1) is 34.5 Å². The standard InChI is InChI=1S/C41H84O4Si4/c1-15-27-46(7,8)42-32-38(44-48(11,12)29-17-3)41(45-49(13,14)30-18-4)26-23-37-35-20-19-33-31-34(43-47(9,10)28-16-2)21-24-39(33,5)36(35)22-25-40(37,41)6/h33-38H,15-32H2,1-14H3. The Bertz CT molecular complexity index is 1070. The molecule has 0 radical (unpaired) electrons. The third-order valence-corrected chi connectivity index (χ3v) is 25.3. The zero-order valence-electron chi connectivity index (χ0n) is 35.3. The lowest BCUT2D eigenvalue weighted by Gasteiger charge is -2.63. The molecule has 4 nitrogen and oxygen atoms in total. The predicted octanol–water partition coefficient (Wildman–Crippen LogP) is 13.0. The summed E-state index contributed by atoms with van der Waals surface area (Å²) in [6.45, 7) is 35.3. The van der Waals surface area contributed by atoms with Crippen LogP contribution in [0.15, 0.2) is 0 Å². The van der Waals surface area contributed by atoms with Crippen molar-refractivity contribution in [2.45, 2.75) is 219 Å². The molecule has 0 aliphatic heterocycles. The van der Waals surface area contributed by atoms with Crippen LogP contribution >= 0.6 is 0 Å². The molecule has 9 atom stereocenters. The van der Waals surface area contributed by atoms with E-state index in [0.29, 0.717) is 11.5 Å². The lowest BCUT2D eigenvalue weighted by Crippen LogP contribution is -2.66. The van der Waals surface area contributed by atoms with Gasteiger partial charge < -0.3 is 17.7 Å². The molecule has 0 aromatic carbocycles. The van der Waals surface area contributed by atoms with Gasteiger partial charge in [0.25, 0.3) is 0 Å². The SMILES string of the molecule is CCC[Si](C)(C)OCC(O[Si](C)(C)CCC)C1(O[Si](C)(C)CCC)CCC2C3CCC4CC(O[Si](C)(C)CCC)CCC4(C)C3CCC21C. The first-order valence-corrected chi connectivity index (χ1v) is 33.9. The summed E-state index contributed by atoms with van der Waals surface area (Å²) in [7, 11) is -7.21. The topological polar surface area (TPSA) is 36.9 Å². The van der Waals surface area contributed by atoms with Gasteiger partial charge in [-0.3, -0.25) is 0 Å². The molecule has 4 aliphatic rings. The van der Waals surface area contributed by atoms with E-state index in [1.165, 1.54) is 101 Å². The molecule has 0 bridgehead atoms. The Kier molecular flexibility index (Phi) is 14.0. The molecule has 4 saturated carbocycles. The van der Waals surface area contributed by atoms with E-state index in [9.17, 15) is 0 Å². The minimum absolute atomic E-state index is 0.0367. The molecule has 288 valence electrons. The van der Waals surface area contributed by atoms with Crippen molar-refractivity contribution in [1.82, 2.24) is 0 Å². The van der Waals surface area contributed by atoms with Crippen molar-refractivity contribution in [2.75, 3.05) is 6.61 Å². The summed E-state index contributed by atoms with van der Waals surface area (Å²) in [4.78, 5) is 0. The van der Waals surface area contributed by atoms with Crippen LogP contribution in [0.1, 0.15) is 125 Å². The van der Waals surface area contributed by atoms with E-state index in [1.807, 2.05) is 0 Å². The van der Waals surface area contributed by atoms with Gasteiger partial charge in [0.2, 0.25) is 0 Å². The van der Waals surface area contributed by atoms with Crippen LogP contribution in [0.5, 0.6) is 0 Å². The third-order valence-electron chi connectivity index (χ3n) is 14.8. The van der Waals surface area contributed by atoms with Gasteiger partial charge in [0.1, 0.15) is 0 Å². The second kappa shape index (κ2) is 16.2. The van der Waals surface area contributed by atoms with Crippen LogP contribution in [-0.4, -0.2) is 57.7 Å². The Morgan fingerprint density at radius 2 is 1.18 bits per heavy atom. The van der Waals surface area contributed by atoms with Gasteiger partial charge in [-0.25, -0.2) is 0 Å². The molecule has 4 aliphatic carbocycles. The molecule has 0 spiro atoms. The number of hydrogen-bond donors (Lipinski definition) is 0. The summed E-state index contributed by atoms with van der Waals surface area (Å²) in [5.74, 6) is 3.22. The summed E-state index contributed by atoms with van der Waals surface area (Å²) >= 11 is 0. The number of rotatable bonds is 18. The molecule has 4 rings (SSSR count). The smallest absolute Gasteiger partial charge is 0.187 e. The lowest BCUT2D eigenvalue weighted by atomic mass is 9.44. The van der Waals surface area contributed by atoms with Crippen molar-refractivity contribution in [1.29, 1.82) is 0 Å². The molecule has 0 heterocycles. The van der Waals surface area contributed by atoms with Crippen LogP contribution in [0.25, 0.3) is 0 Å². The largest absolute Gasteiger partial charge is 0.415 e. The predicted molar refractivity (Wildman–Crippen MR) is 222 cm³/mol. The Balaban J connectivity index is 1.68. The minimum atomic E-state index is -1.95. The molecule has 0 N–H and O–H groups in total. The van der Waals surface area contributed by atoms with Crippen LogP contribution in [0.4, 0.5) is 0 Å². The molecule has 8 heteroatoms. The average Bonchev–Trinajstić information content (AvgIpc) is 3.27. The normalized spacial score (nSPS) is 36.2. The highest BCUT2D eigenvalue weighted by atomic mass is 28.4. The minimum Gasteiger partial charge on any atom is -0.415 e. The van der Waals surface area contributed by atoms with Crippen molar-refractivity contribution in [3.8, 4) is 0 Å². The van der Waals surface area contributed by atoms with E-state index in [0.717, 1.165) is 36.7 Å². The van der Waals surface area contributed by atoms with E-state index in [4.69, 9.17) is 17.7 Å². The van der Waals surface area contributed by atoms with Crippen LogP contribution in [0.2, 0.25) is 76.6 Å². The zero-order chi connectivity index (χ0) is 36.5. The first-order valence-electron chi connectivity index (χ1n) is 21.4. The van der Waals surface area contributed by atoms with Gasteiger partial charge in [0.05, 0.1) is 18.3 Å². The van der Waals surface area contributed by atoms with Crippen LogP contribution in [-0.2, 0) is 17.7 Å². The van der Waals surface area contributed by atoms with E-state index < -0.39 is 33.3 Å². The molecule has 0 saturated heterocycles. The third kappa shape index (κ3) is 9.33. The summed E-state index contributed by atoms with van der Waals surface area (Å²) in [5.41, 5.74) is 0.349. The summed E-state index contributed by atoms with van der Waals surface area (Å²) in [6, 6.07) is 4.94. The number of hydrogen-bond acceptors (Lipinski definition) is 4.